The van der Waals surface area contributed by atoms with Crippen molar-refractivity contribution >= 4 is 17.4 Å². The van der Waals surface area contributed by atoms with Crippen LogP contribution in [0.4, 0.5) is 5.69 Å². The largest absolute Gasteiger partial charge is 0.416 e. The van der Waals surface area contributed by atoms with E-state index in [2.05, 4.69) is 29.1 Å². The van der Waals surface area contributed by atoms with Crippen molar-refractivity contribution < 1.29 is 4.42 Å². The number of anilines is 1. The van der Waals surface area contributed by atoms with Gasteiger partial charge < -0.3 is 10.2 Å². The number of aryl methyl sites for hydroxylation is 2. The highest BCUT2D eigenvalue weighted by molar-refractivity contribution is 7.99. The molecule has 92 valence electrons. The van der Waals surface area contributed by atoms with E-state index in [1.807, 2.05) is 11.6 Å². The summed E-state index contributed by atoms with van der Waals surface area (Å²) in [5.41, 5.74) is 7.49. The van der Waals surface area contributed by atoms with Crippen LogP contribution in [0.2, 0.25) is 0 Å². The van der Waals surface area contributed by atoms with Gasteiger partial charge in [-0.25, -0.2) is 0 Å². The summed E-state index contributed by atoms with van der Waals surface area (Å²) < 4.78 is 7.20. The summed E-state index contributed by atoms with van der Waals surface area (Å²) in [4.78, 5) is 0. The minimum absolute atomic E-state index is 0.234. The van der Waals surface area contributed by atoms with Gasteiger partial charge in [-0.05, 0) is 32.5 Å². The molecular formula is C10H15N5OS. The maximum absolute atomic E-state index is 6.00. The minimum atomic E-state index is 0.234. The molecule has 2 N–H and O–H groups in total. The van der Waals surface area contributed by atoms with E-state index in [-0.39, 0.29) is 6.04 Å². The molecular weight excluding hydrogens is 238 g/mol. The average molecular weight is 253 g/mol. The van der Waals surface area contributed by atoms with E-state index in [0.29, 0.717) is 16.8 Å². The Hall–Kier alpha value is -1.50. The average Bonchev–Trinajstić information content (AvgIpc) is 2.77. The van der Waals surface area contributed by atoms with Crippen LogP contribution in [0.5, 0.6) is 0 Å². The van der Waals surface area contributed by atoms with Crippen LogP contribution in [0, 0.1) is 13.8 Å². The van der Waals surface area contributed by atoms with Gasteiger partial charge in [0.15, 0.2) is 0 Å². The van der Waals surface area contributed by atoms with Crippen LogP contribution < -0.4 is 5.73 Å². The van der Waals surface area contributed by atoms with Crippen molar-refractivity contribution in [3.8, 4) is 0 Å². The molecule has 0 fully saturated rings. The van der Waals surface area contributed by atoms with Crippen LogP contribution in [-0.2, 0) is 0 Å². The Morgan fingerprint density at radius 2 is 2.00 bits per heavy atom. The van der Waals surface area contributed by atoms with E-state index in [1.165, 1.54) is 11.8 Å². The number of hydrogen-bond donors (Lipinski definition) is 1. The van der Waals surface area contributed by atoms with E-state index in [4.69, 9.17) is 10.2 Å². The third kappa shape index (κ3) is 2.28. The Morgan fingerprint density at radius 3 is 2.53 bits per heavy atom. The standard InChI is InChI=1S/C10H15N5OS/c1-5(2)15-9(8(11)6(3)14-15)17-10-13-12-7(4)16-10/h5H,11H2,1-4H3. The zero-order valence-corrected chi connectivity index (χ0v) is 11.1. The van der Waals surface area contributed by atoms with Gasteiger partial charge in [0.05, 0.1) is 11.4 Å². The van der Waals surface area contributed by atoms with Crippen LogP contribution in [0.15, 0.2) is 14.7 Å². The van der Waals surface area contributed by atoms with Crippen LogP contribution in [0.1, 0.15) is 31.5 Å². The molecule has 0 saturated carbocycles. The van der Waals surface area contributed by atoms with Gasteiger partial charge in [-0.3, -0.25) is 4.68 Å². The third-order valence-electron chi connectivity index (χ3n) is 2.27. The minimum Gasteiger partial charge on any atom is -0.416 e. The Morgan fingerprint density at radius 1 is 1.29 bits per heavy atom. The molecule has 2 rings (SSSR count). The van der Waals surface area contributed by atoms with Crippen molar-refractivity contribution in [3.05, 3.63) is 11.6 Å². The zero-order chi connectivity index (χ0) is 12.6. The first-order chi connectivity index (χ1) is 7.99. The molecule has 0 aliphatic heterocycles. The number of nitrogens with zero attached hydrogens (tertiary/aromatic N) is 4. The maximum Gasteiger partial charge on any atom is 0.282 e. The first-order valence-corrected chi connectivity index (χ1v) is 6.13. The monoisotopic (exact) mass is 253 g/mol. The molecule has 0 radical (unpaired) electrons. The van der Waals surface area contributed by atoms with Crippen molar-refractivity contribution in [1.29, 1.82) is 0 Å². The van der Waals surface area contributed by atoms with Crippen LogP contribution in [0.25, 0.3) is 0 Å². The normalized spacial score (nSPS) is 11.4. The highest BCUT2D eigenvalue weighted by atomic mass is 32.2. The Kier molecular flexibility index (Phi) is 3.10. The van der Waals surface area contributed by atoms with Gasteiger partial charge in [-0.2, -0.15) is 5.10 Å². The Balaban J connectivity index is 2.37. The first kappa shape index (κ1) is 12.0. The summed E-state index contributed by atoms with van der Waals surface area (Å²) in [5.74, 6) is 0.540. The predicted octanol–water partition coefficient (Wildman–Crippen LogP) is 2.20. The second kappa shape index (κ2) is 4.40. The van der Waals surface area contributed by atoms with Crippen LogP contribution >= 0.6 is 11.8 Å². The zero-order valence-electron chi connectivity index (χ0n) is 10.3. The van der Waals surface area contributed by atoms with E-state index >= 15 is 0 Å². The number of nitrogen functional groups attached to an aromatic ring is 1. The number of rotatable bonds is 3. The molecule has 17 heavy (non-hydrogen) atoms. The third-order valence-corrected chi connectivity index (χ3v) is 3.21. The summed E-state index contributed by atoms with van der Waals surface area (Å²) in [7, 11) is 0. The Labute approximate surface area is 104 Å². The smallest absolute Gasteiger partial charge is 0.282 e. The van der Waals surface area contributed by atoms with E-state index in [9.17, 15) is 0 Å². The molecule has 2 aromatic heterocycles. The summed E-state index contributed by atoms with van der Waals surface area (Å²) >= 11 is 1.35. The number of aromatic nitrogens is 4. The lowest BCUT2D eigenvalue weighted by molar-refractivity contribution is 0.426. The lowest BCUT2D eigenvalue weighted by atomic mass is 10.4. The van der Waals surface area contributed by atoms with E-state index in [1.54, 1.807) is 6.92 Å². The molecule has 0 atom stereocenters. The maximum atomic E-state index is 6.00. The summed E-state index contributed by atoms with van der Waals surface area (Å²) in [6.45, 7) is 7.74. The van der Waals surface area contributed by atoms with Gasteiger partial charge in [-0.15, -0.1) is 10.2 Å². The van der Waals surface area contributed by atoms with Gasteiger partial charge in [0, 0.05) is 13.0 Å². The lowest BCUT2D eigenvalue weighted by Gasteiger charge is -2.08. The molecule has 2 aromatic rings. The van der Waals surface area contributed by atoms with Crippen molar-refractivity contribution in [3.63, 3.8) is 0 Å². The van der Waals surface area contributed by atoms with Crippen molar-refractivity contribution in [2.45, 2.75) is 44.0 Å². The van der Waals surface area contributed by atoms with Crippen molar-refractivity contribution in [2.24, 2.45) is 0 Å². The van der Waals surface area contributed by atoms with Crippen LogP contribution in [0.3, 0.4) is 0 Å². The fourth-order valence-electron chi connectivity index (χ4n) is 1.39. The molecule has 0 aliphatic carbocycles. The van der Waals surface area contributed by atoms with Gasteiger partial charge in [0.1, 0.15) is 5.03 Å². The second-order valence-electron chi connectivity index (χ2n) is 4.03. The molecule has 6 nitrogen and oxygen atoms in total. The fourth-order valence-corrected chi connectivity index (χ4v) is 2.41. The molecule has 0 amide bonds. The second-order valence-corrected chi connectivity index (χ2v) is 4.97. The molecule has 0 aliphatic rings. The Bertz CT molecular complexity index is 531. The molecule has 7 heteroatoms. The quantitative estimate of drug-likeness (QED) is 0.902. The van der Waals surface area contributed by atoms with Gasteiger partial charge in [-0.1, -0.05) is 0 Å². The highest BCUT2D eigenvalue weighted by Crippen LogP contribution is 2.34. The van der Waals surface area contributed by atoms with E-state index in [0.717, 1.165) is 10.7 Å². The molecule has 0 unspecified atom stereocenters. The van der Waals surface area contributed by atoms with Gasteiger partial charge in [0.2, 0.25) is 5.89 Å². The van der Waals surface area contributed by atoms with Gasteiger partial charge >= 0.3 is 0 Å². The van der Waals surface area contributed by atoms with E-state index < -0.39 is 0 Å². The molecule has 2 heterocycles. The first-order valence-electron chi connectivity index (χ1n) is 5.31. The summed E-state index contributed by atoms with van der Waals surface area (Å²) in [6.07, 6.45) is 0. The number of hydrogen-bond acceptors (Lipinski definition) is 6. The highest BCUT2D eigenvalue weighted by Gasteiger charge is 2.18. The van der Waals surface area contributed by atoms with Crippen molar-refractivity contribution in [2.75, 3.05) is 5.73 Å². The summed E-state index contributed by atoms with van der Waals surface area (Å²) in [6, 6.07) is 0.234. The molecule has 0 bridgehead atoms. The molecule has 0 aromatic carbocycles. The summed E-state index contributed by atoms with van der Waals surface area (Å²) in [5, 5.41) is 13.5. The number of nitrogens with two attached hydrogens (primary N) is 1. The predicted molar refractivity (Wildman–Crippen MR) is 64.9 cm³/mol. The topological polar surface area (TPSA) is 82.8 Å². The van der Waals surface area contributed by atoms with Gasteiger partial charge in [0.25, 0.3) is 5.22 Å². The van der Waals surface area contributed by atoms with Crippen molar-refractivity contribution in [1.82, 2.24) is 20.0 Å². The lowest BCUT2D eigenvalue weighted by Crippen LogP contribution is -2.04. The SMILES string of the molecule is Cc1nnc(Sc2c(N)c(C)nn2C(C)C)o1. The van der Waals surface area contributed by atoms with Crippen LogP contribution in [-0.4, -0.2) is 20.0 Å². The molecule has 0 saturated heterocycles. The molecule has 0 spiro atoms. The fraction of sp³-hybridized carbons (Fsp3) is 0.500.